The third kappa shape index (κ3) is 1.84. The Kier molecular flexibility index (Phi) is 2.61. The maximum atomic E-state index is 9.94. The van der Waals surface area contributed by atoms with E-state index in [0.29, 0.717) is 0 Å². The molecule has 14 heavy (non-hydrogen) atoms. The third-order valence-electron chi connectivity index (χ3n) is 2.06. The molecule has 0 saturated carbocycles. The van der Waals surface area contributed by atoms with Crippen molar-refractivity contribution >= 4 is 11.3 Å². The topological polar surface area (TPSA) is 33.1 Å². The summed E-state index contributed by atoms with van der Waals surface area (Å²) in [6.45, 7) is 1.93. The summed E-state index contributed by atoms with van der Waals surface area (Å²) in [5.41, 5.74) is 1.81. The molecule has 0 aliphatic carbocycles. The van der Waals surface area contributed by atoms with E-state index in [1.165, 1.54) is 0 Å². The van der Waals surface area contributed by atoms with Crippen LogP contribution in [0.25, 0.3) is 0 Å². The van der Waals surface area contributed by atoms with Crippen molar-refractivity contribution < 1.29 is 5.11 Å². The van der Waals surface area contributed by atoms with Crippen molar-refractivity contribution in [3.8, 4) is 0 Å². The smallest absolute Gasteiger partial charge is 0.115 e. The molecule has 2 aromatic heterocycles. The van der Waals surface area contributed by atoms with Crippen LogP contribution in [-0.4, -0.2) is 10.1 Å². The van der Waals surface area contributed by atoms with E-state index in [4.69, 9.17) is 0 Å². The van der Waals surface area contributed by atoms with Gasteiger partial charge < -0.3 is 5.11 Å². The van der Waals surface area contributed by atoms with E-state index in [9.17, 15) is 5.11 Å². The van der Waals surface area contributed by atoms with Crippen LogP contribution in [-0.2, 0) is 0 Å². The first-order valence-electron chi connectivity index (χ1n) is 4.41. The number of hydrogen-bond donors (Lipinski definition) is 1. The molecular formula is C11H11NOS. The van der Waals surface area contributed by atoms with Gasteiger partial charge in [-0.15, -0.1) is 11.3 Å². The van der Waals surface area contributed by atoms with Gasteiger partial charge in [-0.1, -0.05) is 12.1 Å². The molecule has 0 aliphatic heterocycles. The Morgan fingerprint density at radius 2 is 2.21 bits per heavy atom. The van der Waals surface area contributed by atoms with Crippen LogP contribution < -0.4 is 0 Å². The van der Waals surface area contributed by atoms with Crippen LogP contribution in [0.15, 0.2) is 35.8 Å². The van der Waals surface area contributed by atoms with Gasteiger partial charge in [0.2, 0.25) is 0 Å². The number of aryl methyl sites for hydroxylation is 1. The van der Waals surface area contributed by atoms with E-state index < -0.39 is 6.10 Å². The number of hydrogen-bond acceptors (Lipinski definition) is 3. The van der Waals surface area contributed by atoms with Crippen molar-refractivity contribution in [1.82, 2.24) is 4.98 Å². The molecule has 3 heteroatoms. The molecule has 2 aromatic rings. The molecule has 0 bridgehead atoms. The minimum absolute atomic E-state index is 0.539. The van der Waals surface area contributed by atoms with Gasteiger partial charge in [-0.05, 0) is 24.4 Å². The zero-order chi connectivity index (χ0) is 9.97. The van der Waals surface area contributed by atoms with E-state index in [-0.39, 0.29) is 0 Å². The summed E-state index contributed by atoms with van der Waals surface area (Å²) in [7, 11) is 0. The Morgan fingerprint density at radius 1 is 1.36 bits per heavy atom. The largest absolute Gasteiger partial charge is 0.383 e. The van der Waals surface area contributed by atoms with Gasteiger partial charge in [0.25, 0.3) is 0 Å². The maximum absolute atomic E-state index is 9.94. The lowest BCUT2D eigenvalue weighted by Gasteiger charge is -2.07. The fourth-order valence-corrected chi connectivity index (χ4v) is 1.99. The summed E-state index contributed by atoms with van der Waals surface area (Å²) in [6, 6.07) is 7.68. The average Bonchev–Trinajstić information content (AvgIpc) is 2.71. The van der Waals surface area contributed by atoms with Crippen LogP contribution in [0.2, 0.25) is 0 Å². The monoisotopic (exact) mass is 205 g/mol. The Morgan fingerprint density at radius 3 is 2.79 bits per heavy atom. The molecule has 1 unspecified atom stereocenters. The molecule has 0 radical (unpaired) electrons. The van der Waals surface area contributed by atoms with Crippen LogP contribution in [0.3, 0.4) is 0 Å². The lowest BCUT2D eigenvalue weighted by molar-refractivity contribution is 0.223. The molecule has 0 spiro atoms. The standard InChI is InChI=1S/C11H11NOS/c1-8-4-5-9(7-12-8)11(13)10-3-2-6-14-10/h2-7,11,13H,1H3. The molecule has 2 nitrogen and oxygen atoms in total. The molecule has 0 aromatic carbocycles. The maximum Gasteiger partial charge on any atom is 0.115 e. The fourth-order valence-electron chi connectivity index (χ4n) is 1.25. The number of rotatable bonds is 2. The van der Waals surface area contributed by atoms with Crippen LogP contribution in [0.4, 0.5) is 0 Å². The van der Waals surface area contributed by atoms with Crippen molar-refractivity contribution in [2.75, 3.05) is 0 Å². The first-order chi connectivity index (χ1) is 6.77. The highest BCUT2D eigenvalue weighted by molar-refractivity contribution is 7.10. The minimum atomic E-state index is -0.539. The summed E-state index contributed by atoms with van der Waals surface area (Å²) in [5, 5.41) is 11.9. The molecular weight excluding hydrogens is 194 g/mol. The predicted molar refractivity (Wildman–Crippen MR) is 57.4 cm³/mol. The van der Waals surface area contributed by atoms with Crippen LogP contribution in [0.1, 0.15) is 22.2 Å². The lowest BCUT2D eigenvalue weighted by Crippen LogP contribution is -1.97. The highest BCUT2D eigenvalue weighted by Crippen LogP contribution is 2.24. The number of aliphatic hydroxyl groups excluding tert-OH is 1. The van der Waals surface area contributed by atoms with Gasteiger partial charge >= 0.3 is 0 Å². The van der Waals surface area contributed by atoms with E-state index >= 15 is 0 Å². The van der Waals surface area contributed by atoms with E-state index in [2.05, 4.69) is 4.98 Å². The Hall–Kier alpha value is -1.19. The van der Waals surface area contributed by atoms with E-state index in [1.807, 2.05) is 36.6 Å². The minimum Gasteiger partial charge on any atom is -0.383 e. The molecule has 0 aliphatic rings. The third-order valence-corrected chi connectivity index (χ3v) is 2.99. The van der Waals surface area contributed by atoms with Gasteiger partial charge in [-0.3, -0.25) is 4.98 Å². The Labute approximate surface area is 86.9 Å². The number of aliphatic hydroxyl groups is 1. The molecule has 2 heterocycles. The van der Waals surface area contributed by atoms with Gasteiger partial charge in [0.15, 0.2) is 0 Å². The first-order valence-corrected chi connectivity index (χ1v) is 5.29. The van der Waals surface area contributed by atoms with Crippen LogP contribution >= 0.6 is 11.3 Å². The highest BCUT2D eigenvalue weighted by atomic mass is 32.1. The molecule has 1 N–H and O–H groups in total. The summed E-state index contributed by atoms with van der Waals surface area (Å²) in [6.07, 6.45) is 1.18. The summed E-state index contributed by atoms with van der Waals surface area (Å²) < 4.78 is 0. The van der Waals surface area contributed by atoms with E-state index in [1.54, 1.807) is 17.5 Å². The summed E-state index contributed by atoms with van der Waals surface area (Å²) >= 11 is 1.55. The fraction of sp³-hybridized carbons (Fsp3) is 0.182. The normalized spacial score (nSPS) is 12.7. The van der Waals surface area contributed by atoms with E-state index in [0.717, 1.165) is 16.1 Å². The molecule has 1 atom stereocenters. The summed E-state index contributed by atoms with van der Waals surface area (Å²) in [5.74, 6) is 0. The van der Waals surface area contributed by atoms with Crippen molar-refractivity contribution in [2.24, 2.45) is 0 Å². The lowest BCUT2D eigenvalue weighted by atomic mass is 10.1. The van der Waals surface area contributed by atoms with Crippen LogP contribution in [0, 0.1) is 6.92 Å². The number of nitrogens with zero attached hydrogens (tertiary/aromatic N) is 1. The second-order valence-corrected chi connectivity index (χ2v) is 4.13. The molecule has 72 valence electrons. The van der Waals surface area contributed by atoms with Crippen molar-refractivity contribution in [3.63, 3.8) is 0 Å². The van der Waals surface area contributed by atoms with Crippen LogP contribution in [0.5, 0.6) is 0 Å². The van der Waals surface area contributed by atoms with Gasteiger partial charge in [0.1, 0.15) is 6.10 Å². The first kappa shape index (κ1) is 9.37. The quantitative estimate of drug-likeness (QED) is 0.817. The zero-order valence-corrected chi connectivity index (χ0v) is 8.66. The molecule has 0 saturated heterocycles. The van der Waals surface area contributed by atoms with Gasteiger partial charge in [-0.25, -0.2) is 0 Å². The SMILES string of the molecule is Cc1ccc(C(O)c2cccs2)cn1. The van der Waals surface area contributed by atoms with Crippen molar-refractivity contribution in [3.05, 3.63) is 52.0 Å². The van der Waals surface area contributed by atoms with Gasteiger partial charge in [0, 0.05) is 22.3 Å². The zero-order valence-electron chi connectivity index (χ0n) is 7.84. The number of aromatic nitrogens is 1. The second-order valence-electron chi connectivity index (χ2n) is 3.15. The Bertz CT molecular complexity index is 394. The Balaban J connectivity index is 2.28. The van der Waals surface area contributed by atoms with Gasteiger partial charge in [0.05, 0.1) is 0 Å². The van der Waals surface area contributed by atoms with Gasteiger partial charge in [-0.2, -0.15) is 0 Å². The molecule has 2 rings (SSSR count). The second kappa shape index (κ2) is 3.90. The predicted octanol–water partition coefficient (Wildman–Crippen LogP) is 2.53. The number of thiophene rings is 1. The number of pyridine rings is 1. The summed E-state index contributed by atoms with van der Waals surface area (Å²) in [4.78, 5) is 5.11. The average molecular weight is 205 g/mol. The van der Waals surface area contributed by atoms with Crippen molar-refractivity contribution in [2.45, 2.75) is 13.0 Å². The van der Waals surface area contributed by atoms with Crippen molar-refractivity contribution in [1.29, 1.82) is 0 Å². The highest BCUT2D eigenvalue weighted by Gasteiger charge is 2.10. The molecule has 0 amide bonds. The molecule has 0 fully saturated rings.